The van der Waals surface area contributed by atoms with Crippen LogP contribution in [0.25, 0.3) is 5.69 Å². The highest BCUT2D eigenvalue weighted by molar-refractivity contribution is 5.85. The molecule has 0 aliphatic heterocycles. The Bertz CT molecular complexity index is 968. The van der Waals surface area contributed by atoms with Gasteiger partial charge in [0.05, 0.1) is 12.8 Å². The van der Waals surface area contributed by atoms with E-state index in [1.54, 1.807) is 11.8 Å². The molecule has 0 spiro atoms. The second-order valence-electron chi connectivity index (χ2n) is 9.27. The summed E-state index contributed by atoms with van der Waals surface area (Å²) < 4.78 is 13.1. The number of methoxy groups -OCH3 is 1. The number of nitrogens with zero attached hydrogens (tertiary/aromatic N) is 4. The zero-order chi connectivity index (χ0) is 21.8. The molecule has 3 rings (SSSR count). The van der Waals surface area contributed by atoms with Gasteiger partial charge >= 0.3 is 6.01 Å². The van der Waals surface area contributed by atoms with Gasteiger partial charge in [0.1, 0.15) is 0 Å². The molecular weight excluding hydrogens is 414 g/mol. The van der Waals surface area contributed by atoms with E-state index >= 15 is 0 Å². The molecule has 3 aromatic rings. The van der Waals surface area contributed by atoms with Crippen LogP contribution in [0.1, 0.15) is 46.6 Å². The van der Waals surface area contributed by atoms with Crippen molar-refractivity contribution in [2.24, 2.45) is 5.41 Å². The highest BCUT2D eigenvalue weighted by Gasteiger charge is 2.25. The molecule has 2 aromatic carbocycles. The van der Waals surface area contributed by atoms with Crippen molar-refractivity contribution in [1.82, 2.24) is 25.5 Å². The summed E-state index contributed by atoms with van der Waals surface area (Å²) in [7, 11) is 1.63. The van der Waals surface area contributed by atoms with Crippen molar-refractivity contribution in [2.45, 2.75) is 53.1 Å². The number of ether oxygens (including phenoxy) is 2. The number of tetrazole rings is 1. The number of aromatic nitrogens is 4. The number of rotatable bonds is 8. The van der Waals surface area contributed by atoms with Crippen molar-refractivity contribution < 1.29 is 9.47 Å². The highest BCUT2D eigenvalue weighted by atomic mass is 35.5. The molecule has 31 heavy (non-hydrogen) atoms. The van der Waals surface area contributed by atoms with Crippen LogP contribution in [0.3, 0.4) is 0 Å². The SMILES string of the molecule is COc1cc(CNC(C)(C)CC(C)(C)C)ccc1Oc1nnnn1-c1ccccc1.Cl. The minimum Gasteiger partial charge on any atom is -0.493 e. The molecule has 1 N–H and O–H groups in total. The Morgan fingerprint density at radius 2 is 1.68 bits per heavy atom. The number of nitrogens with one attached hydrogen (secondary N) is 1. The summed E-state index contributed by atoms with van der Waals surface area (Å²) in [6, 6.07) is 15.8. The first kappa shape index (κ1) is 24.6. The van der Waals surface area contributed by atoms with Crippen molar-refractivity contribution in [1.29, 1.82) is 0 Å². The van der Waals surface area contributed by atoms with E-state index in [0.717, 1.165) is 24.2 Å². The molecule has 7 nitrogen and oxygen atoms in total. The maximum Gasteiger partial charge on any atom is 0.346 e. The molecule has 0 aliphatic carbocycles. The lowest BCUT2D eigenvalue weighted by molar-refractivity contribution is 0.240. The molecule has 168 valence electrons. The average molecular weight is 446 g/mol. The summed E-state index contributed by atoms with van der Waals surface area (Å²) in [5.41, 5.74) is 2.22. The quantitative estimate of drug-likeness (QED) is 0.514. The lowest BCUT2D eigenvalue weighted by atomic mass is 9.82. The number of para-hydroxylation sites is 1. The van der Waals surface area contributed by atoms with Crippen LogP contribution in [0.5, 0.6) is 17.5 Å². The summed E-state index contributed by atoms with van der Waals surface area (Å²) in [5, 5.41) is 15.4. The van der Waals surface area contributed by atoms with Crippen molar-refractivity contribution in [3.8, 4) is 23.2 Å². The molecular formula is C23H32ClN5O2. The Hall–Kier alpha value is -2.64. The van der Waals surface area contributed by atoms with Crippen LogP contribution in [0.2, 0.25) is 0 Å². The molecule has 0 aliphatic rings. The number of benzene rings is 2. The molecule has 0 radical (unpaired) electrons. The Morgan fingerprint density at radius 1 is 0.968 bits per heavy atom. The second kappa shape index (κ2) is 10.1. The van der Waals surface area contributed by atoms with Crippen LogP contribution in [-0.4, -0.2) is 32.9 Å². The van der Waals surface area contributed by atoms with Gasteiger partial charge in [0.2, 0.25) is 0 Å². The Balaban J connectivity index is 0.00000341. The van der Waals surface area contributed by atoms with Gasteiger partial charge in [-0.1, -0.05) is 50.1 Å². The number of hydrogen-bond acceptors (Lipinski definition) is 6. The molecule has 0 unspecified atom stereocenters. The van der Waals surface area contributed by atoms with Crippen molar-refractivity contribution in [3.05, 3.63) is 54.1 Å². The zero-order valence-electron chi connectivity index (χ0n) is 19.0. The van der Waals surface area contributed by atoms with Gasteiger partial charge in [-0.2, -0.15) is 4.68 Å². The highest BCUT2D eigenvalue weighted by Crippen LogP contribution is 2.32. The van der Waals surface area contributed by atoms with E-state index in [-0.39, 0.29) is 29.4 Å². The number of halogens is 1. The summed E-state index contributed by atoms with van der Waals surface area (Å²) in [5.74, 6) is 1.19. The van der Waals surface area contributed by atoms with Crippen LogP contribution in [-0.2, 0) is 6.54 Å². The summed E-state index contributed by atoms with van der Waals surface area (Å²) in [6.07, 6.45) is 1.07. The fourth-order valence-corrected chi connectivity index (χ4v) is 3.71. The molecule has 1 heterocycles. The summed E-state index contributed by atoms with van der Waals surface area (Å²) in [6.45, 7) is 12.0. The summed E-state index contributed by atoms with van der Waals surface area (Å²) >= 11 is 0. The Kier molecular flexibility index (Phi) is 8.03. The minimum atomic E-state index is 0. The van der Waals surface area contributed by atoms with Gasteiger partial charge in [-0.05, 0) is 65.9 Å². The molecule has 0 atom stereocenters. The molecule has 1 aromatic heterocycles. The van der Waals surface area contributed by atoms with E-state index < -0.39 is 0 Å². The number of hydrogen-bond donors (Lipinski definition) is 1. The second-order valence-corrected chi connectivity index (χ2v) is 9.27. The van der Waals surface area contributed by atoms with Crippen LogP contribution in [0, 0.1) is 5.41 Å². The third-order valence-electron chi connectivity index (χ3n) is 4.61. The van der Waals surface area contributed by atoms with Gasteiger partial charge < -0.3 is 14.8 Å². The van der Waals surface area contributed by atoms with Crippen molar-refractivity contribution in [2.75, 3.05) is 7.11 Å². The Morgan fingerprint density at radius 3 is 2.32 bits per heavy atom. The first-order valence-corrected chi connectivity index (χ1v) is 10.1. The minimum absolute atomic E-state index is 0. The van der Waals surface area contributed by atoms with Crippen LogP contribution in [0.4, 0.5) is 0 Å². The topological polar surface area (TPSA) is 74.1 Å². The monoisotopic (exact) mass is 445 g/mol. The van der Waals surface area contributed by atoms with E-state index in [4.69, 9.17) is 9.47 Å². The predicted molar refractivity (Wildman–Crippen MR) is 124 cm³/mol. The fraction of sp³-hybridized carbons (Fsp3) is 0.435. The van der Waals surface area contributed by atoms with Crippen molar-refractivity contribution in [3.63, 3.8) is 0 Å². The van der Waals surface area contributed by atoms with Gasteiger partial charge in [-0.15, -0.1) is 12.4 Å². The third-order valence-corrected chi connectivity index (χ3v) is 4.61. The van der Waals surface area contributed by atoms with Gasteiger partial charge in [-0.3, -0.25) is 0 Å². The lowest BCUT2D eigenvalue weighted by Crippen LogP contribution is -2.41. The first-order chi connectivity index (χ1) is 14.2. The van der Waals surface area contributed by atoms with Crippen LogP contribution >= 0.6 is 12.4 Å². The fourth-order valence-electron chi connectivity index (χ4n) is 3.71. The van der Waals surface area contributed by atoms with Crippen LogP contribution < -0.4 is 14.8 Å². The lowest BCUT2D eigenvalue weighted by Gasteiger charge is -2.33. The normalized spacial score (nSPS) is 11.7. The third kappa shape index (κ3) is 6.94. The molecule has 0 saturated heterocycles. The first-order valence-electron chi connectivity index (χ1n) is 10.1. The van der Waals surface area contributed by atoms with E-state index in [9.17, 15) is 0 Å². The van der Waals surface area contributed by atoms with Gasteiger partial charge in [0.25, 0.3) is 0 Å². The Labute approximate surface area is 190 Å². The van der Waals surface area contributed by atoms with E-state index in [1.165, 1.54) is 0 Å². The zero-order valence-corrected chi connectivity index (χ0v) is 19.9. The largest absolute Gasteiger partial charge is 0.493 e. The molecule has 0 saturated carbocycles. The molecule has 8 heteroatoms. The van der Waals surface area contributed by atoms with Gasteiger partial charge in [-0.25, -0.2) is 0 Å². The van der Waals surface area contributed by atoms with E-state index in [1.807, 2.05) is 48.5 Å². The molecule has 0 bridgehead atoms. The molecule has 0 amide bonds. The van der Waals surface area contributed by atoms with Gasteiger partial charge in [0, 0.05) is 12.1 Å². The van der Waals surface area contributed by atoms with E-state index in [2.05, 4.69) is 55.5 Å². The smallest absolute Gasteiger partial charge is 0.346 e. The summed E-state index contributed by atoms with van der Waals surface area (Å²) in [4.78, 5) is 0. The predicted octanol–water partition coefficient (Wildman–Crippen LogP) is 5.19. The maximum absolute atomic E-state index is 5.97. The molecule has 0 fully saturated rings. The van der Waals surface area contributed by atoms with Gasteiger partial charge in [0.15, 0.2) is 11.5 Å². The van der Waals surface area contributed by atoms with E-state index in [0.29, 0.717) is 11.5 Å². The average Bonchev–Trinajstić information content (AvgIpc) is 3.14. The van der Waals surface area contributed by atoms with Crippen molar-refractivity contribution >= 4 is 12.4 Å². The van der Waals surface area contributed by atoms with Crippen LogP contribution in [0.15, 0.2) is 48.5 Å². The standard InChI is InChI=1S/C23H31N5O2.ClH/c1-22(2,3)16-23(4,5)24-15-17-12-13-19(20(14-17)29-6)30-21-25-26-27-28(21)18-10-8-7-9-11-18;/h7-14,24H,15-16H2,1-6H3;1H. The maximum atomic E-state index is 5.97.